The van der Waals surface area contributed by atoms with Crippen LogP contribution in [-0.2, 0) is 5.41 Å². The van der Waals surface area contributed by atoms with Gasteiger partial charge in [-0.1, -0.05) is 294 Å². The summed E-state index contributed by atoms with van der Waals surface area (Å²) in [6.45, 7) is 5.99. The maximum atomic E-state index is 10.2. The highest BCUT2D eigenvalue weighted by Crippen LogP contribution is 2.53. The lowest BCUT2D eigenvalue weighted by atomic mass is 9.33. The van der Waals surface area contributed by atoms with Crippen molar-refractivity contribution < 1.29 is 16.4 Å². The monoisotopic (exact) mass is 1360 g/mol. The molecule has 0 radical (unpaired) electrons. The molecule has 0 fully saturated rings. The molecule has 0 saturated carbocycles. The third-order valence-electron chi connectivity index (χ3n) is 21.7. The van der Waals surface area contributed by atoms with Crippen LogP contribution in [0.5, 0.6) is 0 Å². The highest BCUT2D eigenvalue weighted by molar-refractivity contribution is 7.00. The molecule has 5 heterocycles. The third kappa shape index (κ3) is 9.64. The van der Waals surface area contributed by atoms with E-state index in [0.29, 0.717) is 44.7 Å². The topological polar surface area (TPSA) is 21.3 Å². The lowest BCUT2D eigenvalue weighted by Crippen LogP contribution is -2.61. The van der Waals surface area contributed by atoms with Gasteiger partial charge in [-0.2, -0.15) is 0 Å². The van der Waals surface area contributed by atoms with E-state index >= 15 is 0 Å². The summed E-state index contributed by atoms with van der Waals surface area (Å²) in [5.74, 6) is 0. The minimum atomic E-state index is -0.646. The molecule has 2 aliphatic heterocycles. The van der Waals surface area contributed by atoms with E-state index in [9.17, 15) is 16.4 Å². The lowest BCUT2D eigenvalue weighted by molar-refractivity contribution is 0.590. The Morgan fingerprint density at radius 2 is 0.689 bits per heavy atom. The molecule has 0 spiro atoms. The smallest absolute Gasteiger partial charge is 0.252 e. The SMILES string of the molecule is [2H]c1c([2H])c([2H])c2c(c1[2H])c1cc(-n3c4ccccc4c4ccccc43)ccc1n2-c1ccc2c(c1)N(c1c(-c3ccccc3)cccc1-c1ccccc1)c1cc(-n3c4c([2H])c([2H])c([2H])c([2H])c4c4c([2H])c([2H])c([2H])c([2H])c43)cc3c1B2c1ccc(-c2cccc(C(C)(C)C)c2)cc1N3c1cc(-c2ccccc2)cc(-c2ccccc2)c1. The van der Waals surface area contributed by atoms with Crippen molar-refractivity contribution in [2.75, 3.05) is 9.80 Å². The molecule has 0 aliphatic carbocycles. The minimum absolute atomic E-state index is 0.0464. The number of aromatic nitrogens is 3. The molecule has 0 bridgehead atoms. The van der Waals surface area contributed by atoms with Crippen LogP contribution < -0.4 is 26.2 Å². The Morgan fingerprint density at radius 1 is 0.264 bits per heavy atom. The molecule has 3 aromatic heterocycles. The minimum Gasteiger partial charge on any atom is -0.311 e. The van der Waals surface area contributed by atoms with Crippen LogP contribution in [0.25, 0.3) is 138 Å². The number of hydrogen-bond acceptors (Lipinski definition) is 2. The van der Waals surface area contributed by atoms with Crippen molar-refractivity contribution in [3.05, 3.63) is 375 Å². The summed E-state index contributed by atoms with van der Waals surface area (Å²) < 4.78 is 123. The fourth-order valence-electron chi connectivity index (χ4n) is 16.9. The van der Waals surface area contributed by atoms with Crippen molar-refractivity contribution in [2.45, 2.75) is 26.2 Å². The van der Waals surface area contributed by atoms with E-state index in [1.54, 1.807) is 4.57 Å². The Kier molecular flexibility index (Phi) is 11.4. The molecule has 21 rings (SSSR count). The van der Waals surface area contributed by atoms with Gasteiger partial charge in [0, 0.05) is 83.3 Å². The third-order valence-corrected chi connectivity index (χ3v) is 21.7. The maximum Gasteiger partial charge on any atom is 0.252 e. The van der Waals surface area contributed by atoms with Crippen molar-refractivity contribution in [3.8, 4) is 72.7 Å². The van der Waals surface area contributed by atoms with Crippen molar-refractivity contribution in [3.63, 3.8) is 0 Å². The van der Waals surface area contributed by atoms with E-state index in [2.05, 4.69) is 211 Å². The summed E-state index contributed by atoms with van der Waals surface area (Å²) in [6, 6.07) is 97.4. The van der Waals surface area contributed by atoms with Gasteiger partial charge in [0.05, 0.1) is 60.9 Å². The van der Waals surface area contributed by atoms with Crippen LogP contribution in [0.1, 0.15) is 42.8 Å². The molecule has 0 atom stereocenters. The second-order valence-corrected chi connectivity index (χ2v) is 28.7. The van der Waals surface area contributed by atoms with Crippen LogP contribution in [-0.4, -0.2) is 20.4 Å². The van der Waals surface area contributed by atoms with E-state index < -0.39 is 55.1 Å². The highest BCUT2D eigenvalue weighted by Gasteiger charge is 2.45. The van der Waals surface area contributed by atoms with Crippen molar-refractivity contribution >= 4 is 123 Å². The molecule has 0 saturated heterocycles. The Bertz CT molecular complexity index is 7280. The van der Waals surface area contributed by atoms with E-state index in [1.807, 2.05) is 126 Å². The van der Waals surface area contributed by atoms with Crippen LogP contribution in [0.2, 0.25) is 0 Å². The Hall–Kier alpha value is -13.4. The molecule has 0 amide bonds. The molecule has 6 heteroatoms. The molecule has 0 unspecified atom stereocenters. The standard InChI is InChI=1S/C100H70BN5/c1-100(2,3)73-37-26-36-69(57-73)70-50-53-86-94(60-70)105(76-58-71(65-28-8-4-9-29-65)56-72(59-76)66-30-10-5-11-31-66)96-63-77(104-90-47-23-18-40-82(90)83-41-19-24-48-91(83)104)64-97-98(96)101(86)87-54-51-75(62-95(87)106(97)99-78(67-32-12-6-13-33-67)43-27-44-79(99)68-34-14-7-15-35-68)103-92-49-25-20-42-84(92)85-61-74(52-55-93(85)103)102-88-45-21-16-38-80(88)81-39-17-22-46-89(81)102/h4-64H,1-3H3/i18D,19D,20D,23D,24D,25D,40D,41D,42D,47D,48D,49D. The van der Waals surface area contributed by atoms with Gasteiger partial charge in [0.1, 0.15) is 0 Å². The molecule has 2 aliphatic rings. The molecule has 106 heavy (non-hydrogen) atoms. The summed E-state index contributed by atoms with van der Waals surface area (Å²) in [7, 11) is 0. The van der Waals surface area contributed by atoms with E-state index in [4.69, 9.17) is 0 Å². The first-order chi connectivity index (χ1) is 57.2. The van der Waals surface area contributed by atoms with Gasteiger partial charge in [0.2, 0.25) is 0 Å². The van der Waals surface area contributed by atoms with Crippen molar-refractivity contribution in [1.82, 2.24) is 13.7 Å². The van der Waals surface area contributed by atoms with Crippen molar-refractivity contribution in [1.29, 1.82) is 0 Å². The Balaban J connectivity index is 0.951. The maximum absolute atomic E-state index is 10.2. The first kappa shape index (κ1) is 50.0. The zero-order chi connectivity index (χ0) is 80.7. The molecule has 16 aromatic carbocycles. The van der Waals surface area contributed by atoms with Gasteiger partial charge in [-0.25, -0.2) is 0 Å². The van der Waals surface area contributed by atoms with E-state index in [0.717, 1.165) is 122 Å². The average Bonchev–Trinajstić information content (AvgIpc) is 1.12. The molecular weight excluding hydrogens is 1280 g/mol. The molecule has 19 aromatic rings. The van der Waals surface area contributed by atoms with Crippen LogP contribution in [0.15, 0.2) is 370 Å². The lowest BCUT2D eigenvalue weighted by Gasteiger charge is -2.45. The number of rotatable bonds is 10. The Labute approximate surface area is 633 Å². The first-order valence-electron chi connectivity index (χ1n) is 41.9. The number of anilines is 6. The quantitative estimate of drug-likeness (QED) is 0.127. The Morgan fingerprint density at radius 3 is 1.26 bits per heavy atom. The average molecular weight is 1360 g/mol. The molecule has 498 valence electrons. The predicted molar refractivity (Wildman–Crippen MR) is 449 cm³/mol. The number of benzene rings is 16. The summed E-state index contributed by atoms with van der Waals surface area (Å²) >= 11 is 0. The van der Waals surface area contributed by atoms with E-state index in [1.165, 1.54) is 0 Å². The summed E-state index contributed by atoms with van der Waals surface area (Å²) in [5, 5.41) is 2.95. The van der Waals surface area contributed by atoms with Crippen molar-refractivity contribution in [2.24, 2.45) is 0 Å². The van der Waals surface area contributed by atoms with Gasteiger partial charge in [-0.3, -0.25) is 0 Å². The summed E-state index contributed by atoms with van der Waals surface area (Å²) in [5.41, 5.74) is 21.4. The fraction of sp³-hybridized carbons (Fsp3) is 0.0400. The molecule has 5 nitrogen and oxygen atoms in total. The molecule has 0 N–H and O–H groups in total. The van der Waals surface area contributed by atoms with Gasteiger partial charge in [-0.15, -0.1) is 0 Å². The number of nitrogens with zero attached hydrogens (tertiary/aromatic N) is 5. The first-order valence-corrected chi connectivity index (χ1v) is 35.9. The van der Waals surface area contributed by atoms with E-state index in [-0.39, 0.29) is 56.9 Å². The van der Waals surface area contributed by atoms with Crippen LogP contribution in [0.3, 0.4) is 0 Å². The van der Waals surface area contributed by atoms with Gasteiger partial charge >= 0.3 is 0 Å². The zero-order valence-electron chi connectivity index (χ0n) is 70.1. The largest absolute Gasteiger partial charge is 0.311 e. The normalized spacial score (nSPS) is 14.2. The zero-order valence-corrected chi connectivity index (χ0v) is 58.1. The van der Waals surface area contributed by atoms with Gasteiger partial charge < -0.3 is 23.5 Å². The molecular formula is C100H70BN5. The number of hydrogen-bond donors (Lipinski definition) is 0. The highest BCUT2D eigenvalue weighted by atomic mass is 15.2. The number of para-hydroxylation sites is 6. The van der Waals surface area contributed by atoms with Gasteiger partial charge in [0.15, 0.2) is 0 Å². The number of fused-ring (bicyclic) bond motifs is 13. The van der Waals surface area contributed by atoms with Gasteiger partial charge in [0.25, 0.3) is 6.71 Å². The van der Waals surface area contributed by atoms with Gasteiger partial charge in [-0.05, 0) is 169 Å². The van der Waals surface area contributed by atoms with Crippen LogP contribution >= 0.6 is 0 Å². The second kappa shape index (κ2) is 24.1. The fourth-order valence-corrected chi connectivity index (χ4v) is 16.9. The predicted octanol–water partition coefficient (Wildman–Crippen LogP) is 24.7. The second-order valence-electron chi connectivity index (χ2n) is 28.7. The van der Waals surface area contributed by atoms with Crippen LogP contribution in [0.4, 0.5) is 34.1 Å². The summed E-state index contributed by atoms with van der Waals surface area (Å²) in [6.07, 6.45) is 0. The van der Waals surface area contributed by atoms with Crippen LogP contribution in [0, 0.1) is 0 Å². The summed E-state index contributed by atoms with van der Waals surface area (Å²) in [4.78, 5) is 4.62.